The molecule has 0 rings (SSSR count). The van der Waals surface area contributed by atoms with Gasteiger partial charge in [-0.25, -0.2) is 0 Å². The van der Waals surface area contributed by atoms with Crippen molar-refractivity contribution in [2.45, 2.75) is 0 Å². The Labute approximate surface area is 73.6 Å². The fourth-order valence-corrected chi connectivity index (χ4v) is 0. The van der Waals surface area contributed by atoms with Crippen LogP contribution >= 0.6 is 0 Å². The SMILES string of the molecule is O.O=S(=O)(O)O.[CaH2].[H+].[H+]. The zero-order valence-corrected chi connectivity index (χ0v) is 3.44. The summed E-state index contributed by atoms with van der Waals surface area (Å²) >= 11 is 0. The molecule has 0 amide bonds. The molecule has 44 valence electrons. The molecule has 0 aromatic heterocycles. The summed E-state index contributed by atoms with van der Waals surface area (Å²) < 4.78 is 31.6. The van der Waals surface area contributed by atoms with E-state index in [0.717, 1.165) is 0 Å². The number of hydrogen-bond donors (Lipinski definition) is 2. The van der Waals surface area contributed by atoms with Gasteiger partial charge in [0.2, 0.25) is 0 Å². The van der Waals surface area contributed by atoms with Crippen molar-refractivity contribution in [2.75, 3.05) is 0 Å². The molecule has 0 aromatic carbocycles. The van der Waals surface area contributed by atoms with Crippen molar-refractivity contribution in [3.05, 3.63) is 0 Å². The molecule has 0 saturated heterocycles. The van der Waals surface area contributed by atoms with Gasteiger partial charge in [-0.2, -0.15) is 8.42 Å². The second-order valence-electron chi connectivity index (χ2n) is 0.448. The molecule has 0 atom stereocenters. The molecular formula is H8CaO5S+2. The van der Waals surface area contributed by atoms with Crippen molar-refractivity contribution in [1.29, 1.82) is 0 Å². The minimum atomic E-state index is -4.67. The summed E-state index contributed by atoms with van der Waals surface area (Å²) in [7, 11) is -4.67. The van der Waals surface area contributed by atoms with E-state index in [1.807, 2.05) is 0 Å². The van der Waals surface area contributed by atoms with Crippen LogP contribution in [-0.4, -0.2) is 60.7 Å². The molecule has 0 aliphatic carbocycles. The summed E-state index contributed by atoms with van der Waals surface area (Å²) in [6.07, 6.45) is 0. The zero-order chi connectivity index (χ0) is 4.50. The summed E-state index contributed by atoms with van der Waals surface area (Å²) in [5, 5.41) is 0. The van der Waals surface area contributed by atoms with Crippen molar-refractivity contribution < 1.29 is 25.9 Å². The monoisotopic (exact) mass is 160 g/mol. The average Bonchev–Trinajstić information content (AvgIpc) is 0.722. The molecule has 0 fully saturated rings. The van der Waals surface area contributed by atoms with Gasteiger partial charge in [0.05, 0.1) is 0 Å². The molecule has 0 radical (unpaired) electrons. The molecule has 0 aliphatic rings. The van der Waals surface area contributed by atoms with Crippen molar-refractivity contribution in [1.82, 2.24) is 0 Å². The van der Waals surface area contributed by atoms with Gasteiger partial charge in [-0.15, -0.1) is 0 Å². The fourth-order valence-electron chi connectivity index (χ4n) is 0. The van der Waals surface area contributed by atoms with Crippen LogP contribution in [-0.2, 0) is 10.4 Å². The molecule has 0 spiro atoms. The quantitative estimate of drug-likeness (QED) is 0.310. The van der Waals surface area contributed by atoms with Crippen LogP contribution in [0.5, 0.6) is 0 Å². The molecule has 0 saturated carbocycles. The predicted molar refractivity (Wildman–Crippen MR) is 28.6 cm³/mol. The Morgan fingerprint density at radius 1 is 1.29 bits per heavy atom. The molecule has 0 unspecified atom stereocenters. The summed E-state index contributed by atoms with van der Waals surface area (Å²) in [6.45, 7) is 0. The maximum Gasteiger partial charge on any atom is 1.00 e. The third-order valence-corrected chi connectivity index (χ3v) is 0. The normalized spacial score (nSPS) is 8.29. The maximum atomic E-state index is 8.74. The first-order chi connectivity index (χ1) is 2.00. The molecule has 4 N–H and O–H groups in total. The van der Waals surface area contributed by atoms with E-state index in [4.69, 9.17) is 17.5 Å². The van der Waals surface area contributed by atoms with E-state index in [1.165, 1.54) is 0 Å². The van der Waals surface area contributed by atoms with E-state index in [0.29, 0.717) is 0 Å². The van der Waals surface area contributed by atoms with Crippen molar-refractivity contribution in [3.63, 3.8) is 0 Å². The van der Waals surface area contributed by atoms with E-state index in [-0.39, 0.29) is 46.1 Å². The largest absolute Gasteiger partial charge is 1.00 e. The van der Waals surface area contributed by atoms with Gasteiger partial charge in [0.1, 0.15) is 0 Å². The molecular weight excluding hydrogens is 152 g/mol. The zero-order valence-electron chi connectivity index (χ0n) is 4.62. The minimum absolute atomic E-state index is 0. The topological polar surface area (TPSA) is 106 Å². The first-order valence-corrected chi connectivity index (χ1v) is 2.10. The number of hydrogen-bond acceptors (Lipinski definition) is 2. The summed E-state index contributed by atoms with van der Waals surface area (Å²) in [4.78, 5) is 0. The van der Waals surface area contributed by atoms with Gasteiger partial charge < -0.3 is 5.48 Å². The van der Waals surface area contributed by atoms with Crippen LogP contribution in [0.15, 0.2) is 0 Å². The Bertz CT molecular complexity index is 98.1. The first-order valence-electron chi connectivity index (χ1n) is 0.698. The van der Waals surface area contributed by atoms with Crippen LogP contribution in [0.4, 0.5) is 0 Å². The third-order valence-electron chi connectivity index (χ3n) is 0. The second kappa shape index (κ2) is 5.23. The van der Waals surface area contributed by atoms with E-state index >= 15 is 0 Å². The Hall–Kier alpha value is 1.09. The summed E-state index contributed by atoms with van der Waals surface area (Å²) in [5.41, 5.74) is 0. The molecule has 0 heterocycles. The Kier molecular flexibility index (Phi) is 11.7. The van der Waals surface area contributed by atoms with Crippen LogP contribution in [0.1, 0.15) is 2.85 Å². The van der Waals surface area contributed by atoms with E-state index in [2.05, 4.69) is 0 Å². The van der Waals surface area contributed by atoms with Crippen LogP contribution in [0.2, 0.25) is 0 Å². The second-order valence-corrected chi connectivity index (χ2v) is 1.34. The van der Waals surface area contributed by atoms with Gasteiger partial charge in [-0.1, -0.05) is 0 Å². The fraction of sp³-hybridized carbons (Fsp3) is 0. The average molecular weight is 160 g/mol. The molecule has 7 heteroatoms. The van der Waals surface area contributed by atoms with Gasteiger partial charge in [-0.3, -0.25) is 9.11 Å². The predicted octanol–water partition coefficient (Wildman–Crippen LogP) is -2.17. The summed E-state index contributed by atoms with van der Waals surface area (Å²) in [5.74, 6) is 0. The molecule has 0 aliphatic heterocycles. The first kappa shape index (κ1) is 15.7. The molecule has 0 bridgehead atoms. The number of rotatable bonds is 0. The van der Waals surface area contributed by atoms with Gasteiger partial charge >= 0.3 is 51.0 Å². The Morgan fingerprint density at radius 2 is 1.29 bits per heavy atom. The molecule has 5 nitrogen and oxygen atoms in total. The van der Waals surface area contributed by atoms with Gasteiger partial charge in [0, 0.05) is 0 Å². The Morgan fingerprint density at radius 3 is 1.29 bits per heavy atom. The van der Waals surface area contributed by atoms with Gasteiger partial charge in [-0.05, 0) is 0 Å². The van der Waals surface area contributed by atoms with Crippen molar-refractivity contribution in [2.24, 2.45) is 0 Å². The van der Waals surface area contributed by atoms with Gasteiger partial charge in [0.15, 0.2) is 0 Å². The van der Waals surface area contributed by atoms with Crippen molar-refractivity contribution in [3.8, 4) is 0 Å². The molecule has 7 heavy (non-hydrogen) atoms. The smallest absolute Gasteiger partial charge is 1.00 e. The third kappa shape index (κ3) is 155. The van der Waals surface area contributed by atoms with E-state index < -0.39 is 10.4 Å². The van der Waals surface area contributed by atoms with Crippen molar-refractivity contribution >= 4 is 48.1 Å². The minimum Gasteiger partial charge on any atom is 1.00 e. The van der Waals surface area contributed by atoms with Crippen LogP contribution in [0.3, 0.4) is 0 Å². The van der Waals surface area contributed by atoms with Crippen LogP contribution in [0.25, 0.3) is 0 Å². The summed E-state index contributed by atoms with van der Waals surface area (Å²) in [6, 6.07) is 0. The van der Waals surface area contributed by atoms with Crippen LogP contribution in [0, 0.1) is 0 Å². The maximum absolute atomic E-state index is 8.74. The van der Waals surface area contributed by atoms with E-state index in [9.17, 15) is 0 Å². The van der Waals surface area contributed by atoms with Gasteiger partial charge in [0.25, 0.3) is 0 Å². The standard InChI is InChI=1S/Ca.H2O4S.H2O.2H/c;1-5(2,3)4;;;/h;(H2,1,2,3,4);1H2;;/p+2. The van der Waals surface area contributed by atoms with E-state index in [1.54, 1.807) is 0 Å². The van der Waals surface area contributed by atoms with Crippen LogP contribution < -0.4 is 0 Å². The molecule has 0 aromatic rings. The Balaban J connectivity index is -0.0000000133.